The molecule has 0 aromatic heterocycles. The Kier molecular flexibility index (Phi) is 6.89. The second-order valence-corrected chi connectivity index (χ2v) is 3.94. The average molecular weight is 284 g/mol. The van der Waals surface area contributed by atoms with Crippen LogP contribution in [0.5, 0.6) is 5.75 Å². The maximum Gasteiger partial charge on any atom is 0.267 e. The third kappa shape index (κ3) is 5.66. The molecule has 6 nitrogen and oxygen atoms in total. The third-order valence-corrected chi connectivity index (χ3v) is 2.42. The molecule has 1 rings (SSSR count). The molecule has 0 spiro atoms. The second kappa shape index (κ2) is 9.00. The molecule has 0 bridgehead atoms. The highest BCUT2D eigenvalue weighted by Gasteiger charge is 2.09. The van der Waals surface area contributed by atoms with Crippen molar-refractivity contribution in [1.29, 1.82) is 10.5 Å². The van der Waals surface area contributed by atoms with Gasteiger partial charge >= 0.3 is 0 Å². The van der Waals surface area contributed by atoms with Crippen molar-refractivity contribution in [3.8, 4) is 17.9 Å². The minimum Gasteiger partial charge on any atom is -0.494 e. The molecule has 0 saturated carbocycles. The van der Waals surface area contributed by atoms with Crippen molar-refractivity contribution in [2.24, 2.45) is 0 Å². The SMILES string of the molecule is CCOc1ccc(NC(=O)/C(C#N)=C\NCCC#N)cc1. The minimum absolute atomic E-state index is 0.0539. The number of rotatable bonds is 7. The number of ether oxygens (including phenoxy) is 1. The molecule has 0 unspecified atom stereocenters. The van der Waals surface area contributed by atoms with E-state index in [1.54, 1.807) is 24.3 Å². The Morgan fingerprint density at radius 3 is 2.62 bits per heavy atom. The maximum atomic E-state index is 11.9. The van der Waals surface area contributed by atoms with Crippen LogP contribution in [0.1, 0.15) is 13.3 Å². The predicted octanol–water partition coefficient (Wildman–Crippen LogP) is 1.93. The zero-order valence-electron chi connectivity index (χ0n) is 11.7. The second-order valence-electron chi connectivity index (χ2n) is 3.94. The van der Waals surface area contributed by atoms with Crippen LogP contribution in [0.2, 0.25) is 0 Å². The number of benzene rings is 1. The van der Waals surface area contributed by atoms with Gasteiger partial charge in [-0.1, -0.05) is 0 Å². The molecule has 21 heavy (non-hydrogen) atoms. The molecule has 6 heteroatoms. The van der Waals surface area contributed by atoms with Crippen LogP contribution in [0.25, 0.3) is 0 Å². The van der Waals surface area contributed by atoms with Crippen LogP contribution in [0.4, 0.5) is 5.69 Å². The van der Waals surface area contributed by atoms with E-state index in [9.17, 15) is 4.79 Å². The number of nitriles is 2. The minimum atomic E-state index is -0.508. The lowest BCUT2D eigenvalue weighted by Crippen LogP contribution is -2.17. The fraction of sp³-hybridized carbons (Fsp3) is 0.267. The first-order chi connectivity index (χ1) is 10.2. The Morgan fingerprint density at radius 1 is 1.33 bits per heavy atom. The zero-order valence-corrected chi connectivity index (χ0v) is 11.7. The summed E-state index contributed by atoms with van der Waals surface area (Å²) >= 11 is 0. The number of hydrogen-bond acceptors (Lipinski definition) is 5. The summed E-state index contributed by atoms with van der Waals surface area (Å²) in [5, 5.41) is 22.7. The number of hydrogen-bond donors (Lipinski definition) is 2. The first-order valence-corrected chi connectivity index (χ1v) is 6.46. The normalized spacial score (nSPS) is 10.1. The summed E-state index contributed by atoms with van der Waals surface area (Å²) in [6.45, 7) is 2.85. The average Bonchev–Trinajstić information content (AvgIpc) is 2.49. The molecule has 2 N–H and O–H groups in total. The van der Waals surface area contributed by atoms with E-state index in [-0.39, 0.29) is 5.57 Å². The first kappa shape index (κ1) is 16.1. The Bertz CT molecular complexity index is 579. The highest BCUT2D eigenvalue weighted by molar-refractivity contribution is 6.06. The van der Waals surface area contributed by atoms with Gasteiger partial charge in [-0.05, 0) is 31.2 Å². The molecule has 0 fully saturated rings. The van der Waals surface area contributed by atoms with Gasteiger partial charge in [0, 0.05) is 18.4 Å². The van der Waals surface area contributed by atoms with Gasteiger partial charge in [-0.15, -0.1) is 0 Å². The molecule has 1 aromatic rings. The number of carbonyl (C=O) groups excluding carboxylic acids is 1. The van der Waals surface area contributed by atoms with E-state index in [0.29, 0.717) is 31.0 Å². The van der Waals surface area contributed by atoms with Crippen LogP contribution in [0.3, 0.4) is 0 Å². The fourth-order valence-electron chi connectivity index (χ4n) is 1.45. The van der Waals surface area contributed by atoms with Crippen LogP contribution in [0.15, 0.2) is 36.0 Å². The lowest BCUT2D eigenvalue weighted by atomic mass is 10.2. The van der Waals surface area contributed by atoms with Crippen LogP contribution in [0, 0.1) is 22.7 Å². The molecule has 1 amide bonds. The molecule has 108 valence electrons. The van der Waals surface area contributed by atoms with Crippen molar-refractivity contribution < 1.29 is 9.53 Å². The highest BCUT2D eigenvalue weighted by atomic mass is 16.5. The van der Waals surface area contributed by atoms with Gasteiger partial charge < -0.3 is 15.4 Å². The number of amides is 1. The molecule has 0 aliphatic rings. The number of carbonyl (C=O) groups is 1. The van der Waals surface area contributed by atoms with Crippen molar-refractivity contribution >= 4 is 11.6 Å². The lowest BCUT2D eigenvalue weighted by Gasteiger charge is -2.06. The van der Waals surface area contributed by atoms with Crippen molar-refractivity contribution in [1.82, 2.24) is 5.32 Å². The van der Waals surface area contributed by atoms with Crippen molar-refractivity contribution in [3.63, 3.8) is 0 Å². The zero-order chi connectivity index (χ0) is 15.5. The Morgan fingerprint density at radius 2 is 2.05 bits per heavy atom. The van der Waals surface area contributed by atoms with Gasteiger partial charge in [0.2, 0.25) is 0 Å². The van der Waals surface area contributed by atoms with Crippen LogP contribution < -0.4 is 15.4 Å². The smallest absolute Gasteiger partial charge is 0.267 e. The Labute approximate surface area is 123 Å². The number of anilines is 1. The van der Waals surface area contributed by atoms with Crippen LogP contribution >= 0.6 is 0 Å². The summed E-state index contributed by atoms with van der Waals surface area (Å²) in [5.74, 6) is 0.204. The molecular formula is C15H16N4O2. The van der Waals surface area contributed by atoms with Gasteiger partial charge in [-0.3, -0.25) is 4.79 Å². The van der Waals surface area contributed by atoms with Crippen molar-refractivity contribution in [2.45, 2.75) is 13.3 Å². The Hall–Kier alpha value is -2.99. The summed E-state index contributed by atoms with van der Waals surface area (Å²) in [5.41, 5.74) is 0.517. The molecular weight excluding hydrogens is 268 g/mol. The van der Waals surface area contributed by atoms with Gasteiger partial charge in [0.15, 0.2) is 0 Å². The van der Waals surface area contributed by atoms with E-state index in [4.69, 9.17) is 15.3 Å². The molecule has 0 aliphatic heterocycles. The van der Waals surface area contributed by atoms with E-state index in [2.05, 4.69) is 10.6 Å². The molecule has 0 heterocycles. The number of nitrogens with one attached hydrogen (secondary N) is 2. The largest absolute Gasteiger partial charge is 0.494 e. The lowest BCUT2D eigenvalue weighted by molar-refractivity contribution is -0.112. The van der Waals surface area contributed by atoms with Crippen molar-refractivity contribution in [2.75, 3.05) is 18.5 Å². The highest BCUT2D eigenvalue weighted by Crippen LogP contribution is 2.16. The standard InChI is InChI=1S/C15H16N4O2/c1-2-21-14-6-4-13(5-7-14)19-15(20)12(10-17)11-18-9-3-8-16/h4-7,11,18H,2-3,9H2,1H3,(H,19,20)/b12-11-. The molecule has 0 saturated heterocycles. The maximum absolute atomic E-state index is 11.9. The molecule has 1 aromatic carbocycles. The van der Waals surface area contributed by atoms with Gasteiger partial charge in [0.05, 0.1) is 19.1 Å². The van der Waals surface area contributed by atoms with E-state index in [0.717, 1.165) is 0 Å². The van der Waals surface area contributed by atoms with E-state index in [1.165, 1.54) is 6.20 Å². The summed E-state index contributed by atoms with van der Waals surface area (Å²) in [6.07, 6.45) is 1.61. The van der Waals surface area contributed by atoms with Gasteiger partial charge in [-0.2, -0.15) is 10.5 Å². The summed E-state index contributed by atoms with van der Waals surface area (Å²) < 4.78 is 5.30. The van der Waals surface area contributed by atoms with E-state index >= 15 is 0 Å². The van der Waals surface area contributed by atoms with Gasteiger partial charge in [-0.25, -0.2) is 0 Å². The molecule has 0 radical (unpaired) electrons. The quantitative estimate of drug-likeness (QED) is 0.453. The summed E-state index contributed by atoms with van der Waals surface area (Å²) in [7, 11) is 0. The summed E-state index contributed by atoms with van der Waals surface area (Å²) in [6, 6.07) is 10.6. The van der Waals surface area contributed by atoms with Gasteiger partial charge in [0.1, 0.15) is 17.4 Å². The van der Waals surface area contributed by atoms with Crippen molar-refractivity contribution in [3.05, 3.63) is 36.0 Å². The van der Waals surface area contributed by atoms with Gasteiger partial charge in [0.25, 0.3) is 5.91 Å². The summed E-state index contributed by atoms with van der Waals surface area (Å²) in [4.78, 5) is 11.9. The Balaban J connectivity index is 2.61. The van der Waals surface area contributed by atoms with Crippen LogP contribution in [-0.4, -0.2) is 19.1 Å². The van der Waals surface area contributed by atoms with E-state index < -0.39 is 5.91 Å². The monoisotopic (exact) mass is 284 g/mol. The number of nitrogens with zero attached hydrogens (tertiary/aromatic N) is 2. The topological polar surface area (TPSA) is 97.9 Å². The molecule has 0 atom stereocenters. The van der Waals surface area contributed by atoms with Crippen LogP contribution in [-0.2, 0) is 4.79 Å². The predicted molar refractivity (Wildman–Crippen MR) is 78.2 cm³/mol. The third-order valence-electron chi connectivity index (χ3n) is 2.42. The fourth-order valence-corrected chi connectivity index (χ4v) is 1.45. The van der Waals surface area contributed by atoms with E-state index in [1.807, 2.05) is 19.1 Å². The molecule has 0 aliphatic carbocycles. The first-order valence-electron chi connectivity index (χ1n) is 6.46.